The van der Waals surface area contributed by atoms with Gasteiger partial charge >= 0.3 is 5.97 Å². The number of aromatic nitrogens is 1. The van der Waals surface area contributed by atoms with E-state index >= 15 is 0 Å². The summed E-state index contributed by atoms with van der Waals surface area (Å²) >= 11 is 1.53. The highest BCUT2D eigenvalue weighted by atomic mass is 35.5. The highest BCUT2D eigenvalue weighted by Gasteiger charge is 2.31. The molecule has 1 saturated heterocycles. The number of carbonyl (C=O) groups is 2. The first kappa shape index (κ1) is 22.1. The molecule has 0 spiro atoms. The van der Waals surface area contributed by atoms with Gasteiger partial charge in [0, 0.05) is 4.88 Å². The molecule has 1 saturated carbocycles. The van der Waals surface area contributed by atoms with E-state index in [1.807, 2.05) is 0 Å². The number of thiazole rings is 1. The summed E-state index contributed by atoms with van der Waals surface area (Å²) in [6.07, 6.45) is 5.48. The molecule has 9 heteroatoms. The molecule has 1 amide bonds. The van der Waals surface area contributed by atoms with Crippen LogP contribution in [0.15, 0.2) is 0 Å². The summed E-state index contributed by atoms with van der Waals surface area (Å²) in [5.41, 5.74) is 5.93. The fourth-order valence-corrected chi connectivity index (χ4v) is 4.97. The second-order valence-corrected chi connectivity index (χ2v) is 8.13. The summed E-state index contributed by atoms with van der Waals surface area (Å²) in [7, 11) is 1.43. The lowest BCUT2D eigenvalue weighted by molar-refractivity contribution is -0.146. The average Bonchev–Trinajstić information content (AvgIpc) is 3.11. The molecule has 2 heterocycles. The SMILES string of the molecule is COC(=O)C1CCC(c2sc(COC3CCNCC3)nc2C(N)=O)CC1.Cl. The lowest BCUT2D eigenvalue weighted by atomic mass is 9.81. The number of halogens is 1. The van der Waals surface area contributed by atoms with Crippen LogP contribution in [0.2, 0.25) is 0 Å². The Bertz CT molecular complexity index is 641. The molecule has 152 valence electrons. The lowest BCUT2D eigenvalue weighted by Gasteiger charge is -2.26. The van der Waals surface area contributed by atoms with Gasteiger partial charge in [-0.15, -0.1) is 23.7 Å². The Labute approximate surface area is 169 Å². The molecule has 1 aliphatic heterocycles. The molecular weight excluding hydrogens is 390 g/mol. The third kappa shape index (κ3) is 5.63. The first-order chi connectivity index (χ1) is 12.6. The Morgan fingerprint density at radius 3 is 2.44 bits per heavy atom. The van der Waals surface area contributed by atoms with Crippen LogP contribution >= 0.6 is 23.7 Å². The van der Waals surface area contributed by atoms with Crippen LogP contribution in [-0.2, 0) is 20.9 Å². The van der Waals surface area contributed by atoms with Crippen molar-refractivity contribution in [3.05, 3.63) is 15.6 Å². The van der Waals surface area contributed by atoms with Crippen molar-refractivity contribution >= 4 is 35.6 Å². The van der Waals surface area contributed by atoms with Crippen LogP contribution in [0.25, 0.3) is 0 Å². The second kappa shape index (κ2) is 10.4. The Morgan fingerprint density at radius 2 is 1.85 bits per heavy atom. The molecule has 0 atom stereocenters. The Morgan fingerprint density at radius 1 is 1.19 bits per heavy atom. The molecule has 7 nitrogen and oxygen atoms in total. The molecule has 0 radical (unpaired) electrons. The number of nitrogens with one attached hydrogen (secondary N) is 1. The first-order valence-electron chi connectivity index (χ1n) is 9.28. The molecule has 2 aliphatic rings. The van der Waals surface area contributed by atoms with Crippen LogP contribution in [0, 0.1) is 5.92 Å². The van der Waals surface area contributed by atoms with Crippen LogP contribution in [0.4, 0.5) is 0 Å². The molecule has 2 fully saturated rings. The Hall–Kier alpha value is -1.22. The van der Waals surface area contributed by atoms with Gasteiger partial charge in [0.25, 0.3) is 5.91 Å². The van der Waals surface area contributed by atoms with E-state index in [1.54, 1.807) is 0 Å². The third-order valence-electron chi connectivity index (χ3n) is 5.29. The van der Waals surface area contributed by atoms with Gasteiger partial charge in [-0.3, -0.25) is 9.59 Å². The predicted molar refractivity (Wildman–Crippen MR) is 105 cm³/mol. The van der Waals surface area contributed by atoms with Crippen molar-refractivity contribution in [2.24, 2.45) is 11.7 Å². The number of primary amides is 1. The molecule has 0 unspecified atom stereocenters. The Balaban J connectivity index is 0.00000261. The maximum Gasteiger partial charge on any atom is 0.308 e. The van der Waals surface area contributed by atoms with E-state index < -0.39 is 5.91 Å². The fourth-order valence-electron chi connectivity index (χ4n) is 3.80. The number of hydrogen-bond acceptors (Lipinski definition) is 7. The van der Waals surface area contributed by atoms with Gasteiger partial charge in [-0.2, -0.15) is 0 Å². The predicted octanol–water partition coefficient (Wildman–Crippen LogP) is 2.38. The highest BCUT2D eigenvalue weighted by molar-refractivity contribution is 7.12. The molecule has 1 aromatic rings. The minimum absolute atomic E-state index is 0. The van der Waals surface area contributed by atoms with E-state index in [0.717, 1.165) is 61.5 Å². The van der Waals surface area contributed by atoms with Gasteiger partial charge in [-0.05, 0) is 57.5 Å². The van der Waals surface area contributed by atoms with Gasteiger partial charge < -0.3 is 20.5 Å². The van der Waals surface area contributed by atoms with E-state index in [9.17, 15) is 9.59 Å². The van der Waals surface area contributed by atoms with Gasteiger partial charge in [-0.1, -0.05) is 0 Å². The number of amides is 1. The number of methoxy groups -OCH3 is 1. The maximum absolute atomic E-state index is 11.8. The number of carbonyl (C=O) groups excluding carboxylic acids is 2. The normalized spacial score (nSPS) is 23.4. The van der Waals surface area contributed by atoms with Crippen LogP contribution < -0.4 is 11.1 Å². The van der Waals surface area contributed by atoms with Gasteiger partial charge in [0.15, 0.2) is 0 Å². The van der Waals surface area contributed by atoms with Gasteiger partial charge in [-0.25, -0.2) is 4.98 Å². The lowest BCUT2D eigenvalue weighted by Crippen LogP contribution is -2.32. The number of nitrogens with zero attached hydrogens (tertiary/aromatic N) is 1. The first-order valence-corrected chi connectivity index (χ1v) is 10.1. The van der Waals surface area contributed by atoms with Crippen LogP contribution in [0.1, 0.15) is 64.8 Å². The van der Waals surface area contributed by atoms with Crippen molar-refractivity contribution in [3.8, 4) is 0 Å². The fraction of sp³-hybridized carbons (Fsp3) is 0.722. The van der Waals surface area contributed by atoms with E-state index in [-0.39, 0.29) is 36.3 Å². The molecule has 0 bridgehead atoms. The second-order valence-electron chi connectivity index (χ2n) is 7.02. The van der Waals surface area contributed by atoms with Crippen molar-refractivity contribution in [2.75, 3.05) is 20.2 Å². The summed E-state index contributed by atoms with van der Waals surface area (Å²) in [6, 6.07) is 0. The number of rotatable bonds is 6. The molecule has 0 aromatic carbocycles. The van der Waals surface area contributed by atoms with Gasteiger partial charge in [0.05, 0.1) is 25.7 Å². The van der Waals surface area contributed by atoms with Crippen LogP contribution in [0.5, 0.6) is 0 Å². The van der Waals surface area contributed by atoms with E-state index in [4.69, 9.17) is 15.2 Å². The smallest absolute Gasteiger partial charge is 0.308 e. The molecule has 3 rings (SSSR count). The summed E-state index contributed by atoms with van der Waals surface area (Å²) in [5, 5.41) is 4.12. The van der Waals surface area contributed by atoms with E-state index in [2.05, 4.69) is 10.3 Å². The molecule has 27 heavy (non-hydrogen) atoms. The number of esters is 1. The van der Waals surface area contributed by atoms with Crippen LogP contribution in [-0.4, -0.2) is 43.2 Å². The van der Waals surface area contributed by atoms with Crippen molar-refractivity contribution < 1.29 is 19.1 Å². The van der Waals surface area contributed by atoms with E-state index in [0.29, 0.717) is 12.3 Å². The maximum atomic E-state index is 11.8. The zero-order valence-corrected chi connectivity index (χ0v) is 17.2. The number of nitrogens with two attached hydrogens (primary N) is 1. The number of piperidine rings is 1. The summed E-state index contributed by atoms with van der Waals surface area (Å²) < 4.78 is 10.8. The van der Waals surface area contributed by atoms with Gasteiger partial charge in [0.2, 0.25) is 0 Å². The van der Waals surface area contributed by atoms with Crippen molar-refractivity contribution in [3.63, 3.8) is 0 Å². The molecule has 1 aromatic heterocycles. The minimum Gasteiger partial charge on any atom is -0.469 e. The van der Waals surface area contributed by atoms with Crippen molar-refractivity contribution in [2.45, 2.75) is 57.2 Å². The monoisotopic (exact) mass is 417 g/mol. The average molecular weight is 418 g/mol. The van der Waals surface area contributed by atoms with Crippen molar-refractivity contribution in [1.29, 1.82) is 0 Å². The summed E-state index contributed by atoms with van der Waals surface area (Å²) in [6.45, 7) is 2.38. The van der Waals surface area contributed by atoms with E-state index in [1.165, 1.54) is 18.4 Å². The summed E-state index contributed by atoms with van der Waals surface area (Å²) in [5.74, 6) is -0.439. The number of ether oxygens (including phenoxy) is 2. The van der Waals surface area contributed by atoms with Gasteiger partial charge in [0.1, 0.15) is 10.7 Å². The largest absolute Gasteiger partial charge is 0.469 e. The zero-order chi connectivity index (χ0) is 18.5. The quantitative estimate of drug-likeness (QED) is 0.688. The van der Waals surface area contributed by atoms with Crippen molar-refractivity contribution in [1.82, 2.24) is 10.3 Å². The topological polar surface area (TPSA) is 104 Å². The summed E-state index contributed by atoms with van der Waals surface area (Å²) in [4.78, 5) is 28.9. The minimum atomic E-state index is -0.487. The number of hydrogen-bond donors (Lipinski definition) is 2. The molecule has 1 aliphatic carbocycles. The Kier molecular flexibility index (Phi) is 8.47. The highest BCUT2D eigenvalue weighted by Crippen LogP contribution is 2.40. The standard InChI is InChI=1S/C18H27N3O4S.ClH/c1-24-18(23)12-4-2-11(3-5-12)16-15(17(19)22)21-14(26-16)10-25-13-6-8-20-9-7-13;/h11-13,20H,2-10H2,1H3,(H2,19,22);1H. The zero-order valence-electron chi connectivity index (χ0n) is 15.6. The van der Waals surface area contributed by atoms with Crippen LogP contribution in [0.3, 0.4) is 0 Å². The molecular formula is C18H28ClN3O4S. The third-order valence-corrected chi connectivity index (χ3v) is 6.48. The molecule has 3 N–H and O–H groups in total.